The molecule has 38 heavy (non-hydrogen) atoms. The van der Waals surface area contributed by atoms with Crippen molar-refractivity contribution in [1.29, 1.82) is 0 Å². The molecule has 1 aromatic heterocycles. The van der Waals surface area contributed by atoms with Crippen molar-refractivity contribution in [3.8, 4) is 27.9 Å². The molecule has 2 heterocycles. The van der Waals surface area contributed by atoms with E-state index in [0.717, 1.165) is 0 Å². The van der Waals surface area contributed by atoms with E-state index in [2.05, 4.69) is 137 Å². The molecule has 0 spiro atoms. The molecule has 0 saturated heterocycles. The maximum absolute atomic E-state index is 2.51. The number of aryl methyl sites for hydroxylation is 4. The number of para-hydroxylation sites is 1. The number of hydrogen-bond acceptors (Lipinski definition) is 0. The van der Waals surface area contributed by atoms with Gasteiger partial charge in [-0.05, 0) is 91.4 Å². The smallest absolute Gasteiger partial charge is 0.0582 e. The van der Waals surface area contributed by atoms with E-state index in [4.69, 9.17) is 0 Å². The van der Waals surface area contributed by atoms with E-state index in [-0.39, 0.29) is 5.41 Å². The molecule has 186 valence electrons. The first kappa shape index (κ1) is 23.0. The van der Waals surface area contributed by atoms with Crippen LogP contribution in [0.3, 0.4) is 0 Å². The maximum atomic E-state index is 2.51. The van der Waals surface area contributed by atoms with E-state index in [9.17, 15) is 0 Å². The van der Waals surface area contributed by atoms with Crippen LogP contribution in [0.1, 0.15) is 47.2 Å². The highest BCUT2D eigenvalue weighted by Crippen LogP contribution is 2.49. The highest BCUT2D eigenvalue weighted by Gasteiger charge is 2.35. The normalized spacial score (nSPS) is 13.7. The fourth-order valence-electron chi connectivity index (χ4n) is 6.85. The van der Waals surface area contributed by atoms with Gasteiger partial charge in [-0.15, -0.1) is 0 Å². The monoisotopic (exact) mass is 491 g/mol. The summed E-state index contributed by atoms with van der Waals surface area (Å²) < 4.78 is 2.51. The first-order valence-corrected chi connectivity index (χ1v) is 13.6. The number of benzene rings is 5. The van der Waals surface area contributed by atoms with E-state index in [1.165, 1.54) is 83.1 Å². The van der Waals surface area contributed by atoms with Gasteiger partial charge in [-0.1, -0.05) is 96.8 Å². The van der Waals surface area contributed by atoms with Crippen LogP contribution in [0.25, 0.3) is 49.7 Å². The van der Waals surface area contributed by atoms with Crippen molar-refractivity contribution < 1.29 is 0 Å². The Morgan fingerprint density at radius 3 is 1.71 bits per heavy atom. The third-order valence-corrected chi connectivity index (χ3v) is 8.46. The molecule has 0 saturated carbocycles. The molecule has 7 rings (SSSR count). The topological polar surface area (TPSA) is 4.93 Å². The third-order valence-electron chi connectivity index (χ3n) is 8.46. The zero-order chi connectivity index (χ0) is 26.3. The second-order valence-electron chi connectivity index (χ2n) is 11.9. The summed E-state index contributed by atoms with van der Waals surface area (Å²) in [6.45, 7) is 13.5. The minimum Gasteiger partial charge on any atom is -0.309 e. The summed E-state index contributed by atoms with van der Waals surface area (Å²) in [5, 5.41) is 2.65. The Balaban J connectivity index is 1.62. The van der Waals surface area contributed by atoms with Gasteiger partial charge in [0, 0.05) is 16.2 Å². The molecule has 0 N–H and O–H groups in total. The van der Waals surface area contributed by atoms with E-state index >= 15 is 0 Å². The molecule has 0 unspecified atom stereocenters. The number of rotatable bonds is 2. The van der Waals surface area contributed by atoms with Crippen molar-refractivity contribution in [2.75, 3.05) is 0 Å². The molecule has 0 amide bonds. The summed E-state index contributed by atoms with van der Waals surface area (Å²) in [7, 11) is 0. The van der Waals surface area contributed by atoms with E-state index in [1.807, 2.05) is 0 Å². The molecule has 1 nitrogen and oxygen atoms in total. The van der Waals surface area contributed by atoms with Gasteiger partial charge in [-0.3, -0.25) is 0 Å². The predicted octanol–water partition coefficient (Wildman–Crippen LogP) is 9.99. The zero-order valence-electron chi connectivity index (χ0n) is 23.1. The van der Waals surface area contributed by atoms with Gasteiger partial charge in [0.15, 0.2) is 0 Å². The molecule has 0 fully saturated rings. The van der Waals surface area contributed by atoms with Crippen molar-refractivity contribution >= 4 is 21.8 Å². The van der Waals surface area contributed by atoms with Gasteiger partial charge in [0.1, 0.15) is 0 Å². The van der Waals surface area contributed by atoms with Crippen LogP contribution >= 0.6 is 0 Å². The summed E-state index contributed by atoms with van der Waals surface area (Å²) in [6, 6.07) is 34.6. The summed E-state index contributed by atoms with van der Waals surface area (Å²) in [5.74, 6) is 0. The van der Waals surface area contributed by atoms with Crippen molar-refractivity contribution in [2.24, 2.45) is 0 Å². The third kappa shape index (κ3) is 3.31. The molecule has 1 heteroatoms. The Bertz CT molecular complexity index is 1890. The van der Waals surface area contributed by atoms with E-state index < -0.39 is 0 Å². The van der Waals surface area contributed by atoms with Crippen molar-refractivity contribution in [1.82, 2.24) is 4.57 Å². The van der Waals surface area contributed by atoms with Gasteiger partial charge in [0.25, 0.3) is 0 Å². The van der Waals surface area contributed by atoms with Gasteiger partial charge >= 0.3 is 0 Å². The Morgan fingerprint density at radius 1 is 0.500 bits per heavy atom. The molecule has 0 radical (unpaired) electrons. The van der Waals surface area contributed by atoms with Crippen LogP contribution in [0.2, 0.25) is 0 Å². The fraction of sp³-hybridized carbons (Fsp3) is 0.189. The SMILES string of the molecule is Cc1cc(C)cc(-c2ccc3c(c2)c2cc(-c4cc(C)cc(C)c4)cc4c2n3-c2ccccc2C4(C)C)c1. The van der Waals surface area contributed by atoms with Gasteiger partial charge in [0.2, 0.25) is 0 Å². The number of hydrogen-bond donors (Lipinski definition) is 0. The highest BCUT2D eigenvalue weighted by atomic mass is 15.0. The van der Waals surface area contributed by atoms with Gasteiger partial charge < -0.3 is 4.57 Å². The molecule has 6 aromatic rings. The second kappa shape index (κ2) is 7.95. The van der Waals surface area contributed by atoms with Crippen LogP contribution in [-0.4, -0.2) is 4.57 Å². The first-order chi connectivity index (χ1) is 18.2. The molecule has 0 aliphatic carbocycles. The predicted molar refractivity (Wildman–Crippen MR) is 163 cm³/mol. The highest BCUT2D eigenvalue weighted by molar-refractivity contribution is 6.14. The van der Waals surface area contributed by atoms with E-state index in [0.29, 0.717) is 0 Å². The average molecular weight is 492 g/mol. The summed E-state index contributed by atoms with van der Waals surface area (Å²) >= 11 is 0. The van der Waals surface area contributed by atoms with Crippen LogP contribution in [0.5, 0.6) is 0 Å². The van der Waals surface area contributed by atoms with Gasteiger partial charge in [0.05, 0.1) is 16.7 Å². The molecule has 5 aromatic carbocycles. The molecule has 0 bridgehead atoms. The Kier molecular flexibility index (Phi) is 4.82. The minimum atomic E-state index is -0.107. The molecular weight excluding hydrogens is 458 g/mol. The molecular formula is C37H33N. The standard InChI is InChI=1S/C37H33N/c1-22-13-23(2)16-27(15-22)26-11-12-34-30(19-26)31-20-29(28-17-24(3)14-25(4)18-28)21-33-36(31)38(34)35-10-8-7-9-32(35)37(33,5)6/h7-21H,1-6H3. The second-order valence-corrected chi connectivity index (χ2v) is 11.9. The fourth-order valence-corrected chi connectivity index (χ4v) is 6.85. The van der Waals surface area contributed by atoms with E-state index in [1.54, 1.807) is 0 Å². The zero-order valence-corrected chi connectivity index (χ0v) is 23.1. The van der Waals surface area contributed by atoms with Crippen molar-refractivity contribution in [2.45, 2.75) is 47.0 Å². The van der Waals surface area contributed by atoms with Crippen molar-refractivity contribution in [3.63, 3.8) is 0 Å². The van der Waals surface area contributed by atoms with Gasteiger partial charge in [-0.2, -0.15) is 0 Å². The van der Waals surface area contributed by atoms with Gasteiger partial charge in [-0.25, -0.2) is 0 Å². The lowest BCUT2D eigenvalue weighted by molar-refractivity contribution is 0.630. The number of aromatic nitrogens is 1. The largest absolute Gasteiger partial charge is 0.309 e. The number of fused-ring (bicyclic) bond motifs is 5. The number of nitrogens with zero attached hydrogens (tertiary/aromatic N) is 1. The first-order valence-electron chi connectivity index (χ1n) is 13.6. The van der Waals surface area contributed by atoms with Crippen LogP contribution in [-0.2, 0) is 5.41 Å². The quantitative estimate of drug-likeness (QED) is 0.227. The summed E-state index contributed by atoms with van der Waals surface area (Å²) in [6.07, 6.45) is 0. The van der Waals surface area contributed by atoms with Crippen LogP contribution in [0.15, 0.2) is 91.0 Å². The summed E-state index contributed by atoms with van der Waals surface area (Å²) in [4.78, 5) is 0. The van der Waals surface area contributed by atoms with Crippen LogP contribution in [0.4, 0.5) is 0 Å². The molecule has 1 aliphatic rings. The lowest BCUT2D eigenvalue weighted by Gasteiger charge is -2.35. The Morgan fingerprint density at radius 2 is 1.05 bits per heavy atom. The minimum absolute atomic E-state index is 0.107. The lowest BCUT2D eigenvalue weighted by Crippen LogP contribution is -2.26. The van der Waals surface area contributed by atoms with Crippen molar-refractivity contribution in [3.05, 3.63) is 124 Å². The average Bonchev–Trinajstić information content (AvgIpc) is 3.20. The molecule has 0 atom stereocenters. The van der Waals surface area contributed by atoms with Crippen LogP contribution in [0, 0.1) is 27.7 Å². The summed E-state index contributed by atoms with van der Waals surface area (Å²) in [5.41, 5.74) is 16.9. The lowest BCUT2D eigenvalue weighted by atomic mass is 9.74. The Labute approximate surface area is 225 Å². The maximum Gasteiger partial charge on any atom is 0.0582 e. The Hall–Kier alpha value is -4.10. The molecule has 1 aliphatic heterocycles. The van der Waals surface area contributed by atoms with Crippen LogP contribution < -0.4 is 0 Å².